The molecule has 0 aliphatic carbocycles. The zero-order chi connectivity index (χ0) is 12.6. The van der Waals surface area contributed by atoms with Crippen LogP contribution in [-0.4, -0.2) is 47.8 Å². The molecular weight excluding hydrogens is 230 g/mol. The lowest BCUT2D eigenvalue weighted by atomic mass is 9.67. The van der Waals surface area contributed by atoms with E-state index in [2.05, 4.69) is 6.92 Å². The molecule has 3 aliphatic rings. The van der Waals surface area contributed by atoms with Crippen molar-refractivity contribution in [3.05, 3.63) is 0 Å². The summed E-state index contributed by atoms with van der Waals surface area (Å²) in [6.45, 7) is 5.49. The molecule has 0 bridgehead atoms. The maximum absolute atomic E-state index is 10.9. The van der Waals surface area contributed by atoms with Crippen molar-refractivity contribution >= 4 is 0 Å². The van der Waals surface area contributed by atoms with Crippen LogP contribution in [0.2, 0.25) is 0 Å². The summed E-state index contributed by atoms with van der Waals surface area (Å²) in [6, 6.07) is 0. The molecule has 0 atom stereocenters. The Bertz CT molecular complexity index is 267. The third kappa shape index (κ3) is 1.99. The number of nitrogens with zero attached hydrogens (tertiary/aromatic N) is 1. The lowest BCUT2D eigenvalue weighted by molar-refractivity contribution is -0.298. The van der Waals surface area contributed by atoms with Gasteiger partial charge in [0.1, 0.15) is 0 Å². The summed E-state index contributed by atoms with van der Waals surface area (Å²) in [4.78, 5) is 0. The third-order valence-corrected chi connectivity index (χ3v) is 5.20. The smallest absolute Gasteiger partial charge is 0.0513 e. The minimum Gasteiger partial charge on any atom is -0.381 e. The molecule has 3 rings (SSSR count). The molecule has 0 saturated carbocycles. The van der Waals surface area contributed by atoms with Gasteiger partial charge in [-0.05, 0) is 44.4 Å². The third-order valence-electron chi connectivity index (χ3n) is 5.20. The van der Waals surface area contributed by atoms with Gasteiger partial charge in [-0.25, -0.2) is 0 Å². The maximum Gasteiger partial charge on any atom is 0.0513 e. The van der Waals surface area contributed by atoms with Gasteiger partial charge in [0.25, 0.3) is 0 Å². The quantitative estimate of drug-likeness (QED) is 0.720. The SMILES string of the molecule is CC1CC2(CCOCC2)N(O)C2(CCOCC2)C1. The summed E-state index contributed by atoms with van der Waals surface area (Å²) in [5.41, 5.74) is -0.0689. The summed E-state index contributed by atoms with van der Waals surface area (Å²) in [7, 11) is 0. The fourth-order valence-corrected chi connectivity index (χ4v) is 4.38. The first-order chi connectivity index (χ1) is 8.67. The maximum atomic E-state index is 10.9. The van der Waals surface area contributed by atoms with Gasteiger partial charge in [-0.2, -0.15) is 5.06 Å². The topological polar surface area (TPSA) is 41.9 Å². The molecule has 0 aromatic carbocycles. The molecule has 18 heavy (non-hydrogen) atoms. The Hall–Kier alpha value is -0.160. The van der Waals surface area contributed by atoms with Crippen molar-refractivity contribution in [3.8, 4) is 0 Å². The van der Waals surface area contributed by atoms with Crippen LogP contribution in [0.1, 0.15) is 45.4 Å². The number of hydrogen-bond donors (Lipinski definition) is 1. The molecule has 104 valence electrons. The number of piperidine rings is 1. The van der Waals surface area contributed by atoms with Crippen LogP contribution in [-0.2, 0) is 9.47 Å². The Morgan fingerprint density at radius 3 is 1.67 bits per heavy atom. The molecule has 4 nitrogen and oxygen atoms in total. The number of ether oxygens (including phenoxy) is 2. The molecule has 0 radical (unpaired) electrons. The van der Waals surface area contributed by atoms with Gasteiger partial charge >= 0.3 is 0 Å². The van der Waals surface area contributed by atoms with Crippen molar-refractivity contribution in [1.29, 1.82) is 0 Å². The molecule has 4 heteroatoms. The predicted molar refractivity (Wildman–Crippen MR) is 67.6 cm³/mol. The molecule has 0 aromatic heterocycles. The van der Waals surface area contributed by atoms with Gasteiger partial charge in [-0.1, -0.05) is 6.92 Å². The Labute approximate surface area is 109 Å². The van der Waals surface area contributed by atoms with Gasteiger partial charge in [0, 0.05) is 26.4 Å². The van der Waals surface area contributed by atoms with E-state index < -0.39 is 0 Å². The standard InChI is InChI=1S/C14H25NO3/c1-12-10-13(2-6-17-7-3-13)15(16)14(11-12)4-8-18-9-5-14/h12,16H,2-11H2,1H3. The number of hydroxylamine groups is 2. The van der Waals surface area contributed by atoms with Crippen molar-refractivity contribution in [2.75, 3.05) is 26.4 Å². The van der Waals surface area contributed by atoms with Crippen LogP contribution in [0.3, 0.4) is 0 Å². The molecule has 3 aliphatic heterocycles. The van der Waals surface area contributed by atoms with Crippen molar-refractivity contribution in [2.24, 2.45) is 5.92 Å². The second-order valence-corrected chi connectivity index (χ2v) is 6.50. The number of hydrogen-bond acceptors (Lipinski definition) is 4. The average Bonchev–Trinajstić information content (AvgIpc) is 2.38. The summed E-state index contributed by atoms with van der Waals surface area (Å²) < 4.78 is 11.0. The number of rotatable bonds is 0. The van der Waals surface area contributed by atoms with E-state index in [-0.39, 0.29) is 11.1 Å². The second-order valence-electron chi connectivity index (χ2n) is 6.50. The van der Waals surface area contributed by atoms with Crippen molar-refractivity contribution < 1.29 is 14.7 Å². The predicted octanol–water partition coefficient (Wildman–Crippen LogP) is 2.21. The van der Waals surface area contributed by atoms with E-state index >= 15 is 0 Å². The molecule has 0 unspecified atom stereocenters. The van der Waals surface area contributed by atoms with Crippen LogP contribution < -0.4 is 0 Å². The molecule has 0 aromatic rings. The highest BCUT2D eigenvalue weighted by Gasteiger charge is 2.54. The largest absolute Gasteiger partial charge is 0.381 e. The molecule has 1 N–H and O–H groups in total. The summed E-state index contributed by atoms with van der Waals surface area (Å²) in [5.74, 6) is 0.685. The summed E-state index contributed by atoms with van der Waals surface area (Å²) >= 11 is 0. The second kappa shape index (κ2) is 4.75. The van der Waals surface area contributed by atoms with E-state index in [1.807, 2.05) is 0 Å². The lowest BCUT2D eigenvalue weighted by Crippen LogP contribution is -2.66. The Balaban J connectivity index is 1.86. The van der Waals surface area contributed by atoms with Crippen LogP contribution in [0.4, 0.5) is 0 Å². The van der Waals surface area contributed by atoms with Gasteiger partial charge in [-0.3, -0.25) is 0 Å². The van der Waals surface area contributed by atoms with Crippen LogP contribution in [0.25, 0.3) is 0 Å². The van der Waals surface area contributed by atoms with E-state index in [9.17, 15) is 5.21 Å². The summed E-state index contributed by atoms with van der Waals surface area (Å²) in [6.07, 6.45) is 6.09. The van der Waals surface area contributed by atoms with E-state index in [0.29, 0.717) is 5.92 Å². The average molecular weight is 255 g/mol. The van der Waals surface area contributed by atoms with Crippen molar-refractivity contribution in [3.63, 3.8) is 0 Å². The Kier molecular flexibility index (Phi) is 3.39. The van der Waals surface area contributed by atoms with Gasteiger partial charge in [-0.15, -0.1) is 0 Å². The fraction of sp³-hybridized carbons (Fsp3) is 1.00. The zero-order valence-electron chi connectivity index (χ0n) is 11.4. The monoisotopic (exact) mass is 255 g/mol. The van der Waals surface area contributed by atoms with E-state index in [0.717, 1.165) is 65.0 Å². The van der Waals surface area contributed by atoms with E-state index in [1.165, 1.54) is 0 Å². The molecule has 3 heterocycles. The van der Waals surface area contributed by atoms with Crippen LogP contribution >= 0.6 is 0 Å². The molecular formula is C14H25NO3. The molecule has 3 saturated heterocycles. The van der Waals surface area contributed by atoms with Crippen molar-refractivity contribution in [1.82, 2.24) is 5.06 Å². The first kappa shape index (κ1) is 12.9. The van der Waals surface area contributed by atoms with Gasteiger partial charge < -0.3 is 14.7 Å². The van der Waals surface area contributed by atoms with Crippen LogP contribution in [0, 0.1) is 5.92 Å². The lowest BCUT2D eigenvalue weighted by Gasteiger charge is -2.58. The molecule has 2 spiro atoms. The Morgan fingerprint density at radius 1 is 0.889 bits per heavy atom. The first-order valence-corrected chi connectivity index (χ1v) is 7.32. The summed E-state index contributed by atoms with van der Waals surface area (Å²) in [5, 5.41) is 12.7. The van der Waals surface area contributed by atoms with Crippen LogP contribution in [0.15, 0.2) is 0 Å². The van der Waals surface area contributed by atoms with Crippen molar-refractivity contribution in [2.45, 2.75) is 56.5 Å². The highest BCUT2D eigenvalue weighted by Crippen LogP contribution is 2.48. The highest BCUT2D eigenvalue weighted by molar-refractivity contribution is 5.05. The minimum atomic E-state index is -0.0345. The van der Waals surface area contributed by atoms with Gasteiger partial charge in [0.2, 0.25) is 0 Å². The first-order valence-electron chi connectivity index (χ1n) is 7.32. The minimum absolute atomic E-state index is 0.0345. The Morgan fingerprint density at radius 2 is 1.28 bits per heavy atom. The van der Waals surface area contributed by atoms with E-state index in [1.54, 1.807) is 5.06 Å². The highest BCUT2D eigenvalue weighted by atomic mass is 16.5. The van der Waals surface area contributed by atoms with Gasteiger partial charge in [0.05, 0.1) is 11.1 Å². The molecule has 3 fully saturated rings. The van der Waals surface area contributed by atoms with Crippen LogP contribution in [0.5, 0.6) is 0 Å². The van der Waals surface area contributed by atoms with Gasteiger partial charge in [0.15, 0.2) is 0 Å². The molecule has 0 amide bonds. The zero-order valence-corrected chi connectivity index (χ0v) is 11.4. The fourth-order valence-electron chi connectivity index (χ4n) is 4.38. The normalized spacial score (nSPS) is 36.0. The van der Waals surface area contributed by atoms with E-state index in [4.69, 9.17) is 9.47 Å².